The van der Waals surface area contributed by atoms with Crippen LogP contribution in [0.2, 0.25) is 0 Å². The molecule has 1 atom stereocenters. The molecule has 1 saturated carbocycles. The lowest BCUT2D eigenvalue weighted by Gasteiger charge is -2.30. The zero-order valence-electron chi connectivity index (χ0n) is 10.8. The first-order chi connectivity index (χ1) is 8.45. The van der Waals surface area contributed by atoms with Crippen molar-refractivity contribution in [2.24, 2.45) is 11.7 Å². The fourth-order valence-electron chi connectivity index (χ4n) is 2.39. The zero-order chi connectivity index (χ0) is 13.3. The Bertz CT molecular complexity index is 524. The van der Waals surface area contributed by atoms with E-state index in [4.69, 9.17) is 5.73 Å². The third kappa shape index (κ3) is 2.67. The van der Waals surface area contributed by atoms with Crippen molar-refractivity contribution in [3.05, 3.63) is 24.3 Å². The minimum Gasteiger partial charge on any atom is -0.369 e. The molecule has 5 heteroatoms. The largest absolute Gasteiger partial charge is 0.369 e. The van der Waals surface area contributed by atoms with Crippen LogP contribution in [0.3, 0.4) is 0 Å². The van der Waals surface area contributed by atoms with Crippen molar-refractivity contribution < 1.29 is 8.42 Å². The Balaban J connectivity index is 2.38. The maximum Gasteiger partial charge on any atom is 0.177 e. The molecule has 1 aliphatic carbocycles. The monoisotopic (exact) mass is 268 g/mol. The number of anilines is 1. The summed E-state index contributed by atoms with van der Waals surface area (Å²) < 4.78 is 23.6. The van der Waals surface area contributed by atoms with Crippen molar-refractivity contribution in [1.82, 2.24) is 0 Å². The van der Waals surface area contributed by atoms with Crippen LogP contribution in [0.4, 0.5) is 5.69 Å². The summed E-state index contributed by atoms with van der Waals surface area (Å²) in [5.74, 6) is 0.604. The van der Waals surface area contributed by atoms with Gasteiger partial charge in [-0.25, -0.2) is 8.42 Å². The van der Waals surface area contributed by atoms with E-state index in [2.05, 4.69) is 0 Å². The topological polar surface area (TPSA) is 63.4 Å². The predicted octanol–water partition coefficient (Wildman–Crippen LogP) is 1.26. The maximum atomic E-state index is 11.8. The van der Waals surface area contributed by atoms with Gasteiger partial charge in [-0.1, -0.05) is 12.1 Å². The molecular formula is C13H20N2O2S. The van der Waals surface area contributed by atoms with Crippen LogP contribution in [-0.2, 0) is 9.84 Å². The molecule has 1 aliphatic rings. The standard InChI is InChI=1S/C13H20N2O2S/c1-15(12(9-14)10-7-8-10)11-5-3-4-6-13(11)18(2,16)17/h3-6,10,12H,7-9,14H2,1-2H3. The van der Waals surface area contributed by atoms with E-state index in [1.807, 2.05) is 24.1 Å². The summed E-state index contributed by atoms with van der Waals surface area (Å²) in [6.07, 6.45) is 3.62. The van der Waals surface area contributed by atoms with E-state index in [-0.39, 0.29) is 6.04 Å². The van der Waals surface area contributed by atoms with Gasteiger partial charge < -0.3 is 10.6 Å². The minimum absolute atomic E-state index is 0.230. The van der Waals surface area contributed by atoms with Crippen LogP contribution in [-0.4, -0.2) is 34.3 Å². The summed E-state index contributed by atoms with van der Waals surface area (Å²) in [4.78, 5) is 2.40. The van der Waals surface area contributed by atoms with Crippen molar-refractivity contribution in [1.29, 1.82) is 0 Å². The quantitative estimate of drug-likeness (QED) is 0.873. The van der Waals surface area contributed by atoms with Gasteiger partial charge in [-0.2, -0.15) is 0 Å². The minimum atomic E-state index is -3.21. The average molecular weight is 268 g/mol. The average Bonchev–Trinajstić information content (AvgIpc) is 3.13. The smallest absolute Gasteiger partial charge is 0.177 e. The van der Waals surface area contributed by atoms with Gasteiger partial charge in [-0.3, -0.25) is 0 Å². The second-order valence-corrected chi connectivity index (χ2v) is 6.98. The SMILES string of the molecule is CN(c1ccccc1S(C)(=O)=O)C(CN)C1CC1. The second-order valence-electron chi connectivity index (χ2n) is 4.99. The van der Waals surface area contributed by atoms with E-state index < -0.39 is 9.84 Å². The zero-order valence-corrected chi connectivity index (χ0v) is 11.7. The van der Waals surface area contributed by atoms with Crippen molar-refractivity contribution in [3.8, 4) is 0 Å². The van der Waals surface area contributed by atoms with E-state index in [9.17, 15) is 8.42 Å². The van der Waals surface area contributed by atoms with Gasteiger partial charge in [0.25, 0.3) is 0 Å². The fourth-order valence-corrected chi connectivity index (χ4v) is 3.31. The highest BCUT2D eigenvalue weighted by Crippen LogP contribution is 2.37. The number of likely N-dealkylation sites (N-methyl/N-ethyl adjacent to an activating group) is 1. The van der Waals surface area contributed by atoms with Gasteiger partial charge in [-0.15, -0.1) is 0 Å². The Morgan fingerprint density at radius 1 is 1.39 bits per heavy atom. The lowest BCUT2D eigenvalue weighted by molar-refractivity contribution is 0.565. The van der Waals surface area contributed by atoms with Gasteiger partial charge in [0.15, 0.2) is 9.84 Å². The first-order valence-corrected chi connectivity index (χ1v) is 8.06. The van der Waals surface area contributed by atoms with Crippen molar-refractivity contribution >= 4 is 15.5 Å². The number of hydrogen-bond acceptors (Lipinski definition) is 4. The number of rotatable bonds is 5. The molecular weight excluding hydrogens is 248 g/mol. The normalized spacial score (nSPS) is 17.5. The maximum absolute atomic E-state index is 11.8. The molecule has 2 N–H and O–H groups in total. The van der Waals surface area contributed by atoms with Crippen LogP contribution in [0.1, 0.15) is 12.8 Å². The first kappa shape index (κ1) is 13.4. The molecule has 0 spiro atoms. The van der Waals surface area contributed by atoms with Crippen LogP contribution in [0.5, 0.6) is 0 Å². The highest BCUT2D eigenvalue weighted by Gasteiger charge is 2.34. The number of sulfone groups is 1. The van der Waals surface area contributed by atoms with E-state index in [1.165, 1.54) is 19.1 Å². The van der Waals surface area contributed by atoms with Crippen LogP contribution in [0.15, 0.2) is 29.2 Å². The molecule has 0 amide bonds. The number of benzene rings is 1. The Morgan fingerprint density at radius 2 is 2.00 bits per heavy atom. The van der Waals surface area contributed by atoms with Crippen molar-refractivity contribution in [2.45, 2.75) is 23.8 Å². The van der Waals surface area contributed by atoms with Gasteiger partial charge in [0.1, 0.15) is 0 Å². The van der Waals surface area contributed by atoms with E-state index in [0.717, 1.165) is 5.69 Å². The Labute approximate surface area is 109 Å². The van der Waals surface area contributed by atoms with Crippen LogP contribution in [0.25, 0.3) is 0 Å². The summed E-state index contributed by atoms with van der Waals surface area (Å²) >= 11 is 0. The summed E-state index contributed by atoms with van der Waals surface area (Å²) in [6, 6.07) is 7.35. The van der Waals surface area contributed by atoms with Crippen LogP contribution >= 0.6 is 0 Å². The Hall–Kier alpha value is -1.07. The molecule has 1 fully saturated rings. The van der Waals surface area contributed by atoms with Crippen molar-refractivity contribution in [2.75, 3.05) is 24.7 Å². The molecule has 0 saturated heterocycles. The van der Waals surface area contributed by atoms with E-state index in [1.54, 1.807) is 12.1 Å². The lowest BCUT2D eigenvalue weighted by atomic mass is 10.1. The van der Waals surface area contributed by atoms with E-state index in [0.29, 0.717) is 17.4 Å². The molecule has 2 rings (SSSR count). The van der Waals surface area contributed by atoms with Gasteiger partial charge >= 0.3 is 0 Å². The second kappa shape index (κ2) is 4.90. The molecule has 100 valence electrons. The molecule has 0 aromatic heterocycles. The lowest BCUT2D eigenvalue weighted by Crippen LogP contribution is -2.40. The van der Waals surface area contributed by atoms with Gasteiger partial charge in [0, 0.05) is 25.9 Å². The van der Waals surface area contributed by atoms with Crippen LogP contribution in [0, 0.1) is 5.92 Å². The van der Waals surface area contributed by atoms with Gasteiger partial charge in [0.2, 0.25) is 0 Å². The molecule has 1 aromatic rings. The van der Waals surface area contributed by atoms with Crippen LogP contribution < -0.4 is 10.6 Å². The summed E-state index contributed by atoms with van der Waals surface area (Å²) in [6.45, 7) is 0.555. The number of para-hydroxylation sites is 1. The predicted molar refractivity (Wildman–Crippen MR) is 73.5 cm³/mol. The van der Waals surface area contributed by atoms with E-state index >= 15 is 0 Å². The highest BCUT2D eigenvalue weighted by atomic mass is 32.2. The molecule has 0 aliphatic heterocycles. The highest BCUT2D eigenvalue weighted by molar-refractivity contribution is 7.90. The number of nitrogens with zero attached hydrogens (tertiary/aromatic N) is 1. The Kier molecular flexibility index (Phi) is 3.64. The summed E-state index contributed by atoms with van der Waals surface area (Å²) in [7, 11) is -1.28. The summed E-state index contributed by atoms with van der Waals surface area (Å²) in [5, 5.41) is 0. The molecule has 0 radical (unpaired) electrons. The molecule has 18 heavy (non-hydrogen) atoms. The third-order valence-electron chi connectivity index (χ3n) is 3.55. The molecule has 0 heterocycles. The van der Waals surface area contributed by atoms with Crippen molar-refractivity contribution in [3.63, 3.8) is 0 Å². The Morgan fingerprint density at radius 3 is 2.50 bits per heavy atom. The molecule has 4 nitrogen and oxygen atoms in total. The molecule has 1 unspecified atom stereocenters. The number of nitrogens with two attached hydrogens (primary N) is 1. The number of hydrogen-bond donors (Lipinski definition) is 1. The van der Waals surface area contributed by atoms with Gasteiger partial charge in [-0.05, 0) is 30.9 Å². The summed E-state index contributed by atoms with van der Waals surface area (Å²) in [5.41, 5.74) is 6.57. The first-order valence-electron chi connectivity index (χ1n) is 6.17. The third-order valence-corrected chi connectivity index (χ3v) is 4.69. The van der Waals surface area contributed by atoms with Gasteiger partial charge in [0.05, 0.1) is 10.6 Å². The fraction of sp³-hybridized carbons (Fsp3) is 0.538. The molecule has 1 aromatic carbocycles. The molecule has 0 bridgehead atoms.